The third kappa shape index (κ3) is 3.03. The zero-order chi connectivity index (χ0) is 7.49. The molecule has 0 aromatic carbocycles. The van der Waals surface area contributed by atoms with E-state index < -0.39 is 0 Å². The van der Waals surface area contributed by atoms with Gasteiger partial charge in [0.15, 0.2) is 0 Å². The van der Waals surface area contributed by atoms with Crippen LogP contribution in [0.1, 0.15) is 27.2 Å². The van der Waals surface area contributed by atoms with Crippen LogP contribution in [0.15, 0.2) is 0 Å². The van der Waals surface area contributed by atoms with Crippen LogP contribution in [0.25, 0.3) is 0 Å². The van der Waals surface area contributed by atoms with Crippen LogP contribution in [0.3, 0.4) is 0 Å². The van der Waals surface area contributed by atoms with Gasteiger partial charge in [0.25, 0.3) is 0 Å². The molecule has 0 saturated carbocycles. The lowest BCUT2D eigenvalue weighted by Crippen LogP contribution is -2.24. The molecule has 0 N–H and O–H groups in total. The van der Waals surface area contributed by atoms with E-state index in [2.05, 4.69) is 52.6 Å². The Bertz CT molecular complexity index is 79.0. The highest BCUT2D eigenvalue weighted by Crippen LogP contribution is 2.31. The van der Waals surface area contributed by atoms with Gasteiger partial charge in [-0.3, -0.25) is 0 Å². The fourth-order valence-corrected chi connectivity index (χ4v) is 1.63. The van der Waals surface area contributed by atoms with Gasteiger partial charge in [0, 0.05) is 10.2 Å². The summed E-state index contributed by atoms with van der Waals surface area (Å²) in [5.74, 6) is 0. The molecule has 0 radical (unpaired) electrons. The largest absolute Gasteiger partial charge is 0.0916 e. The molecule has 0 aliphatic carbocycles. The van der Waals surface area contributed by atoms with E-state index in [4.69, 9.17) is 0 Å². The van der Waals surface area contributed by atoms with Crippen LogP contribution in [0.4, 0.5) is 0 Å². The maximum Gasteiger partial charge on any atom is 0.0293 e. The maximum atomic E-state index is 3.61. The van der Waals surface area contributed by atoms with Gasteiger partial charge in [-0.15, -0.1) is 0 Å². The Balaban J connectivity index is 3.80. The van der Waals surface area contributed by atoms with Crippen molar-refractivity contribution in [2.24, 2.45) is 5.41 Å². The summed E-state index contributed by atoms with van der Waals surface area (Å²) >= 11 is 7.06. The molecule has 0 heterocycles. The van der Waals surface area contributed by atoms with Crippen molar-refractivity contribution in [3.63, 3.8) is 0 Å². The quantitative estimate of drug-likeness (QED) is 0.678. The molecule has 0 amide bonds. The summed E-state index contributed by atoms with van der Waals surface area (Å²) in [5.41, 5.74) is 0.420. The second-order valence-corrected chi connectivity index (χ2v) is 4.72. The summed E-state index contributed by atoms with van der Waals surface area (Å²) in [6.45, 7) is 6.76. The molecular formula is C7H14Br2. The minimum atomic E-state index is 0.420. The van der Waals surface area contributed by atoms with Gasteiger partial charge >= 0.3 is 0 Å². The molecule has 0 saturated heterocycles. The third-order valence-electron chi connectivity index (χ3n) is 1.89. The first-order chi connectivity index (χ1) is 4.04. The van der Waals surface area contributed by atoms with Crippen molar-refractivity contribution in [2.45, 2.75) is 32.0 Å². The molecule has 1 unspecified atom stereocenters. The van der Waals surface area contributed by atoms with Crippen molar-refractivity contribution in [3.05, 3.63) is 0 Å². The number of halogens is 2. The highest BCUT2D eigenvalue weighted by atomic mass is 79.9. The van der Waals surface area contributed by atoms with Gasteiger partial charge in [-0.1, -0.05) is 52.6 Å². The average molecular weight is 258 g/mol. The van der Waals surface area contributed by atoms with E-state index >= 15 is 0 Å². The molecule has 56 valence electrons. The summed E-state index contributed by atoms with van der Waals surface area (Å²) < 4.78 is 0. The average Bonchev–Trinajstić information content (AvgIpc) is 1.86. The first-order valence-electron chi connectivity index (χ1n) is 3.24. The van der Waals surface area contributed by atoms with Crippen LogP contribution in [0.5, 0.6) is 0 Å². The lowest BCUT2D eigenvalue weighted by atomic mass is 9.87. The minimum absolute atomic E-state index is 0.420. The fourth-order valence-electron chi connectivity index (χ4n) is 0.430. The Kier molecular flexibility index (Phi) is 4.39. The minimum Gasteiger partial charge on any atom is -0.0916 e. The van der Waals surface area contributed by atoms with Gasteiger partial charge in [0.05, 0.1) is 0 Å². The van der Waals surface area contributed by atoms with E-state index in [1.54, 1.807) is 0 Å². The van der Waals surface area contributed by atoms with Crippen molar-refractivity contribution in [2.75, 3.05) is 5.33 Å². The van der Waals surface area contributed by atoms with Crippen LogP contribution >= 0.6 is 31.9 Å². The summed E-state index contributed by atoms with van der Waals surface area (Å²) in [7, 11) is 0. The second-order valence-electron chi connectivity index (χ2n) is 2.96. The molecule has 2 heteroatoms. The van der Waals surface area contributed by atoms with Crippen molar-refractivity contribution >= 4 is 31.9 Å². The zero-order valence-electron chi connectivity index (χ0n) is 6.25. The predicted molar refractivity (Wildman–Crippen MR) is 50.6 cm³/mol. The Morgan fingerprint density at radius 2 is 1.89 bits per heavy atom. The number of rotatable bonds is 3. The van der Waals surface area contributed by atoms with Crippen molar-refractivity contribution in [1.82, 2.24) is 0 Å². The second kappa shape index (κ2) is 3.97. The normalized spacial score (nSPS) is 15.7. The molecule has 0 aromatic rings. The van der Waals surface area contributed by atoms with Crippen LogP contribution in [0.2, 0.25) is 0 Å². The highest BCUT2D eigenvalue weighted by Gasteiger charge is 2.23. The Morgan fingerprint density at radius 1 is 1.44 bits per heavy atom. The lowest BCUT2D eigenvalue weighted by molar-refractivity contribution is 0.358. The standard InChI is InChI=1S/C7H14Br2/c1-4-7(2,3)6(9)5-8/h6H,4-5H2,1-3H3. The SMILES string of the molecule is CCC(C)(C)C(Br)CBr. The van der Waals surface area contributed by atoms with Crippen molar-refractivity contribution < 1.29 is 0 Å². The fraction of sp³-hybridized carbons (Fsp3) is 1.00. The van der Waals surface area contributed by atoms with Gasteiger partial charge in [-0.2, -0.15) is 0 Å². The Morgan fingerprint density at radius 3 is 2.00 bits per heavy atom. The molecule has 0 nitrogen and oxygen atoms in total. The molecule has 0 rings (SSSR count). The smallest absolute Gasteiger partial charge is 0.0293 e. The van der Waals surface area contributed by atoms with Crippen molar-refractivity contribution in [1.29, 1.82) is 0 Å². The van der Waals surface area contributed by atoms with E-state index in [1.807, 2.05) is 0 Å². The van der Waals surface area contributed by atoms with Crippen LogP contribution < -0.4 is 0 Å². The molecule has 0 spiro atoms. The summed E-state index contributed by atoms with van der Waals surface area (Å²) in [5, 5.41) is 1.04. The van der Waals surface area contributed by atoms with Crippen molar-refractivity contribution in [3.8, 4) is 0 Å². The predicted octanol–water partition coefficient (Wildman–Crippen LogP) is 3.58. The van der Waals surface area contributed by atoms with Crippen LogP contribution in [-0.2, 0) is 0 Å². The summed E-state index contributed by atoms with van der Waals surface area (Å²) in [4.78, 5) is 0.593. The van der Waals surface area contributed by atoms with Gasteiger partial charge in [-0.25, -0.2) is 0 Å². The lowest BCUT2D eigenvalue weighted by Gasteiger charge is -2.27. The van der Waals surface area contributed by atoms with Crippen LogP contribution in [0, 0.1) is 5.41 Å². The summed E-state index contributed by atoms with van der Waals surface area (Å²) in [6.07, 6.45) is 1.22. The van der Waals surface area contributed by atoms with Gasteiger partial charge in [0.2, 0.25) is 0 Å². The van der Waals surface area contributed by atoms with E-state index in [0.29, 0.717) is 10.2 Å². The molecule has 9 heavy (non-hydrogen) atoms. The molecule has 0 aliphatic heterocycles. The topological polar surface area (TPSA) is 0 Å². The molecule has 0 fully saturated rings. The number of hydrogen-bond donors (Lipinski definition) is 0. The van der Waals surface area contributed by atoms with Gasteiger partial charge in [0.1, 0.15) is 0 Å². The van der Waals surface area contributed by atoms with E-state index in [0.717, 1.165) is 5.33 Å². The molecule has 1 atom stereocenters. The van der Waals surface area contributed by atoms with E-state index in [1.165, 1.54) is 6.42 Å². The molecular weight excluding hydrogens is 244 g/mol. The van der Waals surface area contributed by atoms with Gasteiger partial charge < -0.3 is 0 Å². The molecule has 0 aromatic heterocycles. The van der Waals surface area contributed by atoms with Gasteiger partial charge in [-0.05, 0) is 11.8 Å². The monoisotopic (exact) mass is 256 g/mol. The number of alkyl halides is 2. The highest BCUT2D eigenvalue weighted by molar-refractivity contribution is 9.12. The Hall–Kier alpha value is 0.960. The first-order valence-corrected chi connectivity index (χ1v) is 5.28. The van der Waals surface area contributed by atoms with Crippen LogP contribution in [-0.4, -0.2) is 10.2 Å². The zero-order valence-corrected chi connectivity index (χ0v) is 9.42. The molecule has 0 aliphatic rings. The number of hydrogen-bond acceptors (Lipinski definition) is 0. The van der Waals surface area contributed by atoms with E-state index in [9.17, 15) is 0 Å². The Labute approximate surface area is 74.7 Å². The molecule has 0 bridgehead atoms. The first kappa shape index (κ1) is 9.96. The summed E-state index contributed by atoms with van der Waals surface area (Å²) in [6, 6.07) is 0. The third-order valence-corrected chi connectivity index (χ3v) is 4.97. The van der Waals surface area contributed by atoms with E-state index in [-0.39, 0.29) is 0 Å². The maximum absolute atomic E-state index is 3.61.